The number of carboxylic acids is 1. The van der Waals surface area contributed by atoms with Crippen molar-refractivity contribution in [1.82, 2.24) is 0 Å². The van der Waals surface area contributed by atoms with E-state index in [0.717, 1.165) is 32.1 Å². The van der Waals surface area contributed by atoms with E-state index >= 15 is 0 Å². The molecule has 0 heterocycles. The molecule has 0 atom stereocenters. The molecule has 25 heavy (non-hydrogen) atoms. The zero-order valence-electron chi connectivity index (χ0n) is 14.3. The lowest BCUT2D eigenvalue weighted by Crippen LogP contribution is -2.26. The number of ketones is 1. The van der Waals surface area contributed by atoms with Crippen LogP contribution in [0.4, 0.5) is 0 Å². The predicted molar refractivity (Wildman–Crippen MR) is 95.4 cm³/mol. The Labute approximate surface area is 147 Å². The minimum Gasteiger partial charge on any atom is -0.507 e. The van der Waals surface area contributed by atoms with Crippen molar-refractivity contribution in [1.29, 1.82) is 0 Å². The van der Waals surface area contributed by atoms with Crippen LogP contribution < -0.4 is 0 Å². The lowest BCUT2D eigenvalue weighted by molar-refractivity contribution is 0.0696. The minimum absolute atomic E-state index is 0.0406. The number of aromatic hydroxyl groups is 1. The molecule has 4 nitrogen and oxygen atoms in total. The molecule has 0 bridgehead atoms. The summed E-state index contributed by atoms with van der Waals surface area (Å²) in [5, 5.41) is 20.3. The molecule has 0 amide bonds. The summed E-state index contributed by atoms with van der Waals surface area (Å²) in [6.07, 6.45) is 4.97. The average molecular weight is 338 g/mol. The summed E-state index contributed by atoms with van der Waals surface area (Å²) < 4.78 is 0. The molecule has 0 aromatic heterocycles. The number of hydrogen-bond acceptors (Lipinski definition) is 3. The summed E-state index contributed by atoms with van der Waals surface area (Å²) in [5.74, 6) is -1.53. The first-order chi connectivity index (χ1) is 11.9. The molecule has 1 aliphatic rings. The second-order valence-electron chi connectivity index (χ2n) is 7.04. The van der Waals surface area contributed by atoms with E-state index in [0.29, 0.717) is 11.1 Å². The highest BCUT2D eigenvalue weighted by Gasteiger charge is 2.34. The molecule has 1 saturated carbocycles. The third-order valence-electron chi connectivity index (χ3n) is 5.24. The van der Waals surface area contributed by atoms with E-state index in [2.05, 4.69) is 0 Å². The van der Waals surface area contributed by atoms with Crippen molar-refractivity contribution in [2.75, 3.05) is 0 Å². The molecule has 1 aliphatic carbocycles. The number of hydrogen-bond donors (Lipinski definition) is 2. The zero-order chi connectivity index (χ0) is 18.0. The Morgan fingerprint density at radius 3 is 2.20 bits per heavy atom. The van der Waals surface area contributed by atoms with Gasteiger partial charge in [0.2, 0.25) is 0 Å². The van der Waals surface area contributed by atoms with Gasteiger partial charge in [0.1, 0.15) is 5.75 Å². The Kier molecular flexibility index (Phi) is 4.62. The first-order valence-electron chi connectivity index (χ1n) is 8.63. The summed E-state index contributed by atoms with van der Waals surface area (Å²) in [6.45, 7) is 2.05. The summed E-state index contributed by atoms with van der Waals surface area (Å²) in [4.78, 5) is 24.4. The quantitative estimate of drug-likeness (QED) is 0.802. The lowest BCUT2D eigenvalue weighted by Gasteiger charge is -2.35. The number of carbonyl (C=O) groups is 2. The summed E-state index contributed by atoms with van der Waals surface area (Å²) >= 11 is 0. The molecule has 3 rings (SSSR count). The van der Waals surface area contributed by atoms with E-state index in [-0.39, 0.29) is 28.1 Å². The van der Waals surface area contributed by atoms with E-state index in [4.69, 9.17) is 0 Å². The van der Waals surface area contributed by atoms with Crippen LogP contribution in [0.3, 0.4) is 0 Å². The van der Waals surface area contributed by atoms with Crippen LogP contribution in [-0.4, -0.2) is 22.0 Å². The van der Waals surface area contributed by atoms with Gasteiger partial charge in [-0.2, -0.15) is 0 Å². The maximum atomic E-state index is 12.8. The molecule has 0 aliphatic heterocycles. The van der Waals surface area contributed by atoms with Crippen molar-refractivity contribution >= 4 is 11.8 Å². The maximum Gasteiger partial charge on any atom is 0.335 e. The summed E-state index contributed by atoms with van der Waals surface area (Å²) in [6, 6.07) is 11.4. The first-order valence-corrected chi connectivity index (χ1v) is 8.63. The number of rotatable bonds is 4. The van der Waals surface area contributed by atoms with Gasteiger partial charge in [0.25, 0.3) is 0 Å². The highest BCUT2D eigenvalue weighted by molar-refractivity contribution is 6.12. The third-order valence-corrected chi connectivity index (χ3v) is 5.24. The normalized spacial score (nSPS) is 16.4. The molecule has 4 heteroatoms. The Balaban J connectivity index is 2.15. The fourth-order valence-corrected chi connectivity index (χ4v) is 3.74. The Hall–Kier alpha value is -2.62. The average Bonchev–Trinajstić information content (AvgIpc) is 2.62. The van der Waals surface area contributed by atoms with Crippen LogP contribution in [-0.2, 0) is 5.41 Å². The van der Waals surface area contributed by atoms with Gasteiger partial charge in [-0.15, -0.1) is 0 Å². The molecule has 2 aromatic carbocycles. The van der Waals surface area contributed by atoms with Crippen molar-refractivity contribution in [3.63, 3.8) is 0 Å². The van der Waals surface area contributed by atoms with Gasteiger partial charge >= 0.3 is 5.97 Å². The van der Waals surface area contributed by atoms with E-state index in [1.54, 1.807) is 30.3 Å². The first kappa shape index (κ1) is 17.2. The van der Waals surface area contributed by atoms with Gasteiger partial charge in [0.15, 0.2) is 5.78 Å². The number of phenols is 1. The molecule has 0 radical (unpaired) electrons. The molecule has 0 unspecified atom stereocenters. The van der Waals surface area contributed by atoms with E-state index in [1.807, 2.05) is 6.92 Å². The van der Waals surface area contributed by atoms with E-state index in [9.17, 15) is 19.8 Å². The smallest absolute Gasteiger partial charge is 0.335 e. The number of carbonyl (C=O) groups excluding carboxylic acids is 1. The largest absolute Gasteiger partial charge is 0.507 e. The van der Waals surface area contributed by atoms with Gasteiger partial charge in [0.05, 0.1) is 11.1 Å². The summed E-state index contributed by atoms with van der Waals surface area (Å²) in [5.41, 5.74) is 0.803. The van der Waals surface area contributed by atoms with Crippen molar-refractivity contribution in [3.05, 3.63) is 64.7 Å². The second kappa shape index (κ2) is 6.71. The second-order valence-corrected chi connectivity index (χ2v) is 7.04. The van der Waals surface area contributed by atoms with Crippen LogP contribution in [0.5, 0.6) is 5.75 Å². The van der Waals surface area contributed by atoms with Gasteiger partial charge in [-0.3, -0.25) is 4.79 Å². The minimum atomic E-state index is -1.09. The maximum absolute atomic E-state index is 12.8. The van der Waals surface area contributed by atoms with E-state index < -0.39 is 5.97 Å². The fraction of sp³-hybridized carbons (Fsp3) is 0.333. The van der Waals surface area contributed by atoms with Crippen LogP contribution >= 0.6 is 0 Å². The molecule has 130 valence electrons. The lowest BCUT2D eigenvalue weighted by atomic mass is 9.70. The van der Waals surface area contributed by atoms with Crippen LogP contribution in [0.2, 0.25) is 0 Å². The van der Waals surface area contributed by atoms with Gasteiger partial charge in [-0.25, -0.2) is 4.79 Å². The predicted octanol–water partition coefficient (Wildman–Crippen LogP) is 4.54. The number of phenolic OH excluding ortho intramolecular Hbond substituents is 1. The third kappa shape index (κ3) is 3.29. The Morgan fingerprint density at radius 1 is 0.960 bits per heavy atom. The summed E-state index contributed by atoms with van der Waals surface area (Å²) in [7, 11) is 0. The van der Waals surface area contributed by atoms with Gasteiger partial charge < -0.3 is 10.2 Å². The zero-order valence-corrected chi connectivity index (χ0v) is 14.3. The molecular weight excluding hydrogens is 316 g/mol. The van der Waals surface area contributed by atoms with Crippen molar-refractivity contribution in [3.8, 4) is 5.75 Å². The Morgan fingerprint density at radius 2 is 1.60 bits per heavy atom. The highest BCUT2D eigenvalue weighted by Crippen LogP contribution is 2.44. The molecule has 0 spiro atoms. The van der Waals surface area contributed by atoms with Crippen molar-refractivity contribution in [2.45, 2.75) is 44.4 Å². The van der Waals surface area contributed by atoms with Gasteiger partial charge in [-0.05, 0) is 30.4 Å². The van der Waals surface area contributed by atoms with Gasteiger partial charge in [-0.1, -0.05) is 56.5 Å². The van der Waals surface area contributed by atoms with Crippen LogP contribution in [0.25, 0.3) is 0 Å². The highest BCUT2D eigenvalue weighted by atomic mass is 16.4. The molecule has 1 fully saturated rings. The molecule has 0 saturated heterocycles. The van der Waals surface area contributed by atoms with Crippen LogP contribution in [0.1, 0.15) is 70.9 Å². The molecule has 2 N–H and O–H groups in total. The SMILES string of the molecule is CC1(c2cc(C(=O)O)cc(C(=O)c3ccccc3)c2O)CCCCC1. The number of aromatic carboxylic acids is 1. The Bertz CT molecular complexity index is 802. The molecular formula is C21H22O4. The van der Waals surface area contributed by atoms with E-state index in [1.165, 1.54) is 12.1 Å². The molecule has 2 aromatic rings. The standard InChI is InChI=1S/C21H22O4/c1-21(10-6-3-7-11-21)17-13-15(20(24)25)12-16(19(17)23)18(22)14-8-4-2-5-9-14/h2,4-5,8-9,12-13,23H,3,6-7,10-11H2,1H3,(H,24,25). The number of carboxylic acid groups (broad SMARTS) is 1. The number of benzene rings is 2. The topological polar surface area (TPSA) is 74.6 Å². The fourth-order valence-electron chi connectivity index (χ4n) is 3.74. The van der Waals surface area contributed by atoms with Gasteiger partial charge in [0, 0.05) is 11.1 Å². The van der Waals surface area contributed by atoms with Crippen molar-refractivity contribution < 1.29 is 19.8 Å². The monoisotopic (exact) mass is 338 g/mol. The van der Waals surface area contributed by atoms with Crippen molar-refractivity contribution in [2.24, 2.45) is 0 Å². The van der Waals surface area contributed by atoms with Crippen LogP contribution in [0.15, 0.2) is 42.5 Å². The van der Waals surface area contributed by atoms with Crippen LogP contribution in [0, 0.1) is 0 Å².